The summed E-state index contributed by atoms with van der Waals surface area (Å²) >= 11 is 5.56. The van der Waals surface area contributed by atoms with E-state index in [1.165, 1.54) is 6.07 Å². The molecule has 2 heterocycles. The fourth-order valence-electron chi connectivity index (χ4n) is 1.21. The first-order valence-electron chi connectivity index (χ1n) is 4.04. The fourth-order valence-corrected chi connectivity index (χ4v) is 1.43. The topological polar surface area (TPSA) is 34.1 Å². The van der Waals surface area contributed by atoms with Crippen molar-refractivity contribution in [3.05, 3.63) is 16.8 Å². The minimum atomic E-state index is -2.62. The number of hydrogen-bond acceptors (Lipinski definition) is 3. The Morgan fingerprint density at radius 3 is 2.93 bits per heavy atom. The molecule has 7 heteroatoms. The van der Waals surface area contributed by atoms with Gasteiger partial charge in [0.25, 0.3) is 6.43 Å². The van der Waals surface area contributed by atoms with E-state index in [9.17, 15) is 8.78 Å². The lowest BCUT2D eigenvalue weighted by Gasteiger charge is -2.19. The Morgan fingerprint density at radius 1 is 1.53 bits per heavy atom. The second kappa shape index (κ2) is 4.81. The van der Waals surface area contributed by atoms with Gasteiger partial charge in [-0.1, -0.05) is 11.6 Å². The Kier molecular flexibility index (Phi) is 3.93. The Bertz CT molecular complexity index is 363. The first kappa shape index (κ1) is 12.3. The molecule has 0 saturated carbocycles. The molecular formula is C8H8Cl2F2N2O. The molecule has 1 aromatic heterocycles. The molecule has 0 radical (unpaired) electrons. The van der Waals surface area contributed by atoms with Gasteiger partial charge in [-0.3, -0.25) is 0 Å². The summed E-state index contributed by atoms with van der Waals surface area (Å²) in [5.74, 6) is 0.283. The van der Waals surface area contributed by atoms with Crippen molar-refractivity contribution in [3.63, 3.8) is 0 Å². The Balaban J connectivity index is 0.00000112. The Hall–Kier alpha value is -0.810. The third kappa shape index (κ3) is 2.41. The highest BCUT2D eigenvalue weighted by Gasteiger charge is 2.19. The van der Waals surface area contributed by atoms with Gasteiger partial charge < -0.3 is 10.1 Å². The van der Waals surface area contributed by atoms with E-state index in [4.69, 9.17) is 16.3 Å². The monoisotopic (exact) mass is 256 g/mol. The number of nitrogens with zero attached hydrogens (tertiary/aromatic N) is 1. The van der Waals surface area contributed by atoms with E-state index in [1.54, 1.807) is 0 Å². The number of hydrogen-bond donors (Lipinski definition) is 1. The number of fused-ring (bicyclic) bond motifs is 1. The van der Waals surface area contributed by atoms with Crippen LogP contribution in [0.25, 0.3) is 0 Å². The molecule has 0 unspecified atom stereocenters. The maximum atomic E-state index is 12.4. The molecule has 0 amide bonds. The fraction of sp³-hybridized carbons (Fsp3) is 0.375. The summed E-state index contributed by atoms with van der Waals surface area (Å²) in [4.78, 5) is 3.74. The summed E-state index contributed by atoms with van der Waals surface area (Å²) in [5, 5.41) is 2.70. The zero-order valence-electron chi connectivity index (χ0n) is 7.47. The number of rotatable bonds is 1. The maximum absolute atomic E-state index is 12.4. The van der Waals surface area contributed by atoms with Crippen LogP contribution in [0.5, 0.6) is 5.88 Å². The molecule has 15 heavy (non-hydrogen) atoms. The van der Waals surface area contributed by atoms with Crippen molar-refractivity contribution in [1.82, 2.24) is 4.98 Å². The van der Waals surface area contributed by atoms with Crippen LogP contribution in [-0.2, 0) is 0 Å². The minimum absolute atomic E-state index is 0. The molecule has 0 saturated heterocycles. The molecule has 84 valence electrons. The number of pyridine rings is 1. The Morgan fingerprint density at radius 2 is 2.27 bits per heavy atom. The van der Waals surface area contributed by atoms with E-state index in [0.29, 0.717) is 18.8 Å². The number of alkyl halides is 2. The average Bonchev–Trinajstić information content (AvgIpc) is 2.16. The lowest BCUT2D eigenvalue weighted by molar-refractivity contribution is 0.151. The van der Waals surface area contributed by atoms with Crippen LogP contribution in [0.15, 0.2) is 6.07 Å². The zero-order valence-corrected chi connectivity index (χ0v) is 9.04. The molecule has 3 nitrogen and oxygen atoms in total. The van der Waals surface area contributed by atoms with E-state index in [2.05, 4.69) is 10.3 Å². The second-order valence-corrected chi connectivity index (χ2v) is 3.16. The summed E-state index contributed by atoms with van der Waals surface area (Å²) in [6.07, 6.45) is -2.62. The SMILES string of the molecule is Cl.FC(F)c1cc2c(nc1Cl)OCCN2. The first-order valence-corrected chi connectivity index (χ1v) is 4.41. The molecule has 0 spiro atoms. The second-order valence-electron chi connectivity index (χ2n) is 2.80. The molecule has 0 bridgehead atoms. The minimum Gasteiger partial charge on any atom is -0.474 e. The van der Waals surface area contributed by atoms with Gasteiger partial charge in [-0.25, -0.2) is 8.78 Å². The standard InChI is InChI=1S/C8H7ClF2N2O.ClH/c9-6-4(7(10)11)3-5-8(13-6)14-2-1-12-5;/h3,7,12H,1-2H2;1H. The molecule has 0 atom stereocenters. The highest BCUT2D eigenvalue weighted by Crippen LogP contribution is 2.34. The third-order valence-corrected chi connectivity index (χ3v) is 2.16. The van der Waals surface area contributed by atoms with Crippen LogP contribution in [0, 0.1) is 0 Å². The van der Waals surface area contributed by atoms with Gasteiger partial charge in [0, 0.05) is 6.54 Å². The van der Waals surface area contributed by atoms with Crippen LogP contribution in [-0.4, -0.2) is 18.1 Å². The van der Waals surface area contributed by atoms with Gasteiger partial charge in [0.2, 0.25) is 5.88 Å². The van der Waals surface area contributed by atoms with Crippen molar-refractivity contribution in [2.45, 2.75) is 6.43 Å². The van der Waals surface area contributed by atoms with Crippen molar-refractivity contribution in [1.29, 1.82) is 0 Å². The normalized spacial score (nSPS) is 13.6. The zero-order chi connectivity index (χ0) is 10.1. The predicted octanol–water partition coefficient (Wildman–Crippen LogP) is 2.90. The van der Waals surface area contributed by atoms with Gasteiger partial charge in [0.15, 0.2) is 0 Å². The largest absolute Gasteiger partial charge is 0.474 e. The lowest BCUT2D eigenvalue weighted by Crippen LogP contribution is -2.19. The number of aromatic nitrogens is 1. The molecular weight excluding hydrogens is 249 g/mol. The molecule has 0 aliphatic carbocycles. The van der Waals surface area contributed by atoms with E-state index < -0.39 is 6.43 Å². The molecule has 1 aliphatic heterocycles. The molecule has 0 aromatic carbocycles. The van der Waals surface area contributed by atoms with E-state index in [0.717, 1.165) is 0 Å². The highest BCUT2D eigenvalue weighted by molar-refractivity contribution is 6.30. The summed E-state index contributed by atoms with van der Waals surface area (Å²) in [6.45, 7) is 1.04. The van der Waals surface area contributed by atoms with Crippen molar-refractivity contribution in [3.8, 4) is 5.88 Å². The van der Waals surface area contributed by atoms with Gasteiger partial charge in [-0.15, -0.1) is 12.4 Å². The van der Waals surface area contributed by atoms with Gasteiger partial charge in [-0.2, -0.15) is 4.98 Å². The highest BCUT2D eigenvalue weighted by atomic mass is 35.5. The van der Waals surface area contributed by atoms with E-state index in [-0.39, 0.29) is 29.0 Å². The predicted molar refractivity (Wildman–Crippen MR) is 55.4 cm³/mol. The van der Waals surface area contributed by atoms with Crippen LogP contribution < -0.4 is 10.1 Å². The Labute approximate surface area is 96.2 Å². The van der Waals surface area contributed by atoms with Crippen molar-refractivity contribution < 1.29 is 13.5 Å². The van der Waals surface area contributed by atoms with E-state index >= 15 is 0 Å². The number of halogens is 4. The lowest BCUT2D eigenvalue weighted by atomic mass is 10.2. The summed E-state index contributed by atoms with van der Waals surface area (Å²) in [5.41, 5.74) is 0.194. The quantitative estimate of drug-likeness (QED) is 0.785. The van der Waals surface area contributed by atoms with E-state index in [1.807, 2.05) is 0 Å². The van der Waals surface area contributed by atoms with Gasteiger partial charge >= 0.3 is 0 Å². The van der Waals surface area contributed by atoms with Crippen molar-refractivity contribution in [2.75, 3.05) is 18.5 Å². The summed E-state index contributed by atoms with van der Waals surface area (Å²) < 4.78 is 29.9. The maximum Gasteiger partial charge on any atom is 0.266 e. The molecule has 0 fully saturated rings. The average molecular weight is 257 g/mol. The van der Waals surface area contributed by atoms with Gasteiger partial charge in [0.1, 0.15) is 11.8 Å². The van der Waals surface area contributed by atoms with Crippen LogP contribution in [0.1, 0.15) is 12.0 Å². The molecule has 1 aromatic rings. The molecule has 1 aliphatic rings. The molecule has 2 rings (SSSR count). The molecule has 1 N–H and O–H groups in total. The van der Waals surface area contributed by atoms with Crippen LogP contribution in [0.3, 0.4) is 0 Å². The first-order chi connectivity index (χ1) is 6.68. The summed E-state index contributed by atoms with van der Waals surface area (Å²) in [7, 11) is 0. The number of nitrogens with one attached hydrogen (secondary N) is 1. The smallest absolute Gasteiger partial charge is 0.266 e. The summed E-state index contributed by atoms with van der Waals surface area (Å²) in [6, 6.07) is 1.27. The van der Waals surface area contributed by atoms with Gasteiger partial charge in [0.05, 0.1) is 11.3 Å². The van der Waals surface area contributed by atoms with Crippen LogP contribution >= 0.6 is 24.0 Å². The van der Waals surface area contributed by atoms with Crippen LogP contribution in [0.4, 0.5) is 14.5 Å². The number of ether oxygens (including phenoxy) is 1. The van der Waals surface area contributed by atoms with Gasteiger partial charge in [-0.05, 0) is 6.07 Å². The van der Waals surface area contributed by atoms with Crippen molar-refractivity contribution in [2.24, 2.45) is 0 Å². The van der Waals surface area contributed by atoms with Crippen LogP contribution in [0.2, 0.25) is 5.15 Å². The third-order valence-electron chi connectivity index (χ3n) is 1.86. The van der Waals surface area contributed by atoms with Crippen molar-refractivity contribution >= 4 is 29.7 Å². The number of anilines is 1.